The van der Waals surface area contributed by atoms with Crippen molar-refractivity contribution in [2.45, 2.75) is 67.6 Å². The van der Waals surface area contributed by atoms with Crippen LogP contribution in [-0.2, 0) is 0 Å². The molecule has 0 fully saturated rings. The fraction of sp³-hybridized carbons (Fsp3) is 1.00. The SMILES string of the molecule is CCSC(C)C(C)C(C)C(C)C(C)C(C)C(C)C. The van der Waals surface area contributed by atoms with E-state index in [4.69, 9.17) is 0 Å². The Morgan fingerprint density at radius 1 is 0.611 bits per heavy atom. The van der Waals surface area contributed by atoms with Crippen LogP contribution in [-0.4, -0.2) is 11.0 Å². The maximum atomic E-state index is 2.47. The second-order valence-electron chi connectivity index (χ2n) is 6.70. The van der Waals surface area contributed by atoms with Crippen LogP contribution in [0.15, 0.2) is 0 Å². The Morgan fingerprint density at radius 2 is 1.00 bits per heavy atom. The van der Waals surface area contributed by atoms with Gasteiger partial charge in [-0.05, 0) is 41.3 Å². The molecular formula is C17H36S. The third kappa shape index (κ3) is 5.15. The summed E-state index contributed by atoms with van der Waals surface area (Å²) in [6.45, 7) is 21.6. The van der Waals surface area contributed by atoms with Crippen LogP contribution < -0.4 is 0 Å². The minimum absolute atomic E-state index is 0.786. The molecule has 0 radical (unpaired) electrons. The van der Waals surface area contributed by atoms with Gasteiger partial charge in [0.1, 0.15) is 0 Å². The molecule has 0 aliphatic rings. The van der Waals surface area contributed by atoms with E-state index in [-0.39, 0.29) is 0 Å². The van der Waals surface area contributed by atoms with Gasteiger partial charge in [-0.25, -0.2) is 0 Å². The summed E-state index contributed by atoms with van der Waals surface area (Å²) < 4.78 is 0. The number of hydrogen-bond acceptors (Lipinski definition) is 1. The standard InChI is InChI=1S/C17H36S/c1-10-18-17(9)16(8)15(7)14(6)13(5)12(4)11(2)3/h11-17H,10H2,1-9H3. The zero-order valence-corrected chi connectivity index (χ0v) is 15.0. The van der Waals surface area contributed by atoms with Crippen molar-refractivity contribution in [1.29, 1.82) is 0 Å². The van der Waals surface area contributed by atoms with Gasteiger partial charge in [0.25, 0.3) is 0 Å². The van der Waals surface area contributed by atoms with Crippen molar-refractivity contribution in [3.05, 3.63) is 0 Å². The molecule has 0 aromatic carbocycles. The number of hydrogen-bond donors (Lipinski definition) is 0. The zero-order valence-electron chi connectivity index (χ0n) is 14.2. The molecule has 18 heavy (non-hydrogen) atoms. The van der Waals surface area contributed by atoms with Crippen LogP contribution in [0.2, 0.25) is 0 Å². The molecule has 0 aromatic rings. The Balaban J connectivity index is 4.52. The first-order chi connectivity index (χ1) is 8.23. The Hall–Kier alpha value is 0.350. The summed E-state index contributed by atoms with van der Waals surface area (Å²) in [4.78, 5) is 0. The van der Waals surface area contributed by atoms with Gasteiger partial charge in [0, 0.05) is 5.25 Å². The molecule has 0 nitrogen and oxygen atoms in total. The first-order valence-electron chi connectivity index (χ1n) is 7.85. The molecule has 0 aliphatic carbocycles. The fourth-order valence-corrected chi connectivity index (χ4v) is 3.96. The Labute approximate surface area is 121 Å². The van der Waals surface area contributed by atoms with Crippen LogP contribution >= 0.6 is 11.8 Å². The molecule has 0 saturated heterocycles. The molecule has 0 aliphatic heterocycles. The molecule has 0 aromatic heterocycles. The van der Waals surface area contributed by atoms with Gasteiger partial charge < -0.3 is 0 Å². The van der Waals surface area contributed by atoms with E-state index in [0.29, 0.717) is 0 Å². The summed E-state index contributed by atoms with van der Waals surface area (Å²) in [6, 6.07) is 0. The lowest BCUT2D eigenvalue weighted by Gasteiger charge is -2.37. The van der Waals surface area contributed by atoms with Crippen molar-refractivity contribution in [2.75, 3.05) is 5.75 Å². The van der Waals surface area contributed by atoms with E-state index in [1.54, 1.807) is 0 Å². The number of thioether (sulfide) groups is 1. The minimum Gasteiger partial charge on any atom is -0.159 e. The summed E-state index contributed by atoms with van der Waals surface area (Å²) >= 11 is 2.11. The van der Waals surface area contributed by atoms with E-state index in [9.17, 15) is 0 Å². The summed E-state index contributed by atoms with van der Waals surface area (Å²) in [5.74, 6) is 6.13. The third-order valence-corrected chi connectivity index (χ3v) is 6.83. The van der Waals surface area contributed by atoms with E-state index in [1.165, 1.54) is 5.75 Å². The second kappa shape index (κ2) is 8.51. The molecule has 6 atom stereocenters. The number of rotatable bonds is 8. The van der Waals surface area contributed by atoms with Gasteiger partial charge in [0.05, 0.1) is 0 Å². The maximum Gasteiger partial charge on any atom is 0.00468 e. The van der Waals surface area contributed by atoms with Crippen LogP contribution in [0.3, 0.4) is 0 Å². The highest BCUT2D eigenvalue weighted by atomic mass is 32.2. The van der Waals surface area contributed by atoms with E-state index >= 15 is 0 Å². The molecule has 0 saturated carbocycles. The third-order valence-electron chi connectivity index (χ3n) is 5.54. The molecule has 1 heteroatoms. The minimum atomic E-state index is 0.786. The van der Waals surface area contributed by atoms with Gasteiger partial charge in [-0.2, -0.15) is 11.8 Å². The van der Waals surface area contributed by atoms with Crippen molar-refractivity contribution >= 4 is 11.8 Å². The van der Waals surface area contributed by atoms with E-state index in [2.05, 4.69) is 74.1 Å². The molecule has 0 amide bonds. The summed E-state index contributed by atoms with van der Waals surface area (Å²) in [6.07, 6.45) is 0. The summed E-state index contributed by atoms with van der Waals surface area (Å²) in [7, 11) is 0. The lowest BCUT2D eigenvalue weighted by atomic mass is 9.71. The molecular weight excluding hydrogens is 236 g/mol. The Bertz CT molecular complexity index is 212. The van der Waals surface area contributed by atoms with Crippen molar-refractivity contribution in [3.63, 3.8) is 0 Å². The van der Waals surface area contributed by atoms with Gasteiger partial charge in [-0.1, -0.05) is 62.3 Å². The highest BCUT2D eigenvalue weighted by molar-refractivity contribution is 7.99. The van der Waals surface area contributed by atoms with Gasteiger partial charge in [0.15, 0.2) is 0 Å². The van der Waals surface area contributed by atoms with Gasteiger partial charge in [-0.3, -0.25) is 0 Å². The first-order valence-corrected chi connectivity index (χ1v) is 8.90. The molecule has 0 spiro atoms. The monoisotopic (exact) mass is 272 g/mol. The van der Waals surface area contributed by atoms with Crippen LogP contribution in [0, 0.1) is 35.5 Å². The molecule has 0 bridgehead atoms. The first kappa shape index (κ1) is 18.4. The van der Waals surface area contributed by atoms with E-state index in [1.807, 2.05) is 0 Å². The van der Waals surface area contributed by atoms with Gasteiger partial charge >= 0.3 is 0 Å². The van der Waals surface area contributed by atoms with E-state index in [0.717, 1.165) is 40.8 Å². The predicted octanol–water partition coefficient (Wildman–Crippen LogP) is 5.96. The summed E-state index contributed by atoms with van der Waals surface area (Å²) in [5, 5.41) is 0.786. The molecule has 0 N–H and O–H groups in total. The molecule has 6 unspecified atom stereocenters. The largest absolute Gasteiger partial charge is 0.159 e. The van der Waals surface area contributed by atoms with Crippen LogP contribution in [0.5, 0.6) is 0 Å². The quantitative estimate of drug-likeness (QED) is 0.525. The fourth-order valence-electron chi connectivity index (χ4n) is 2.89. The second-order valence-corrected chi connectivity index (χ2v) is 8.35. The average molecular weight is 273 g/mol. The van der Waals surface area contributed by atoms with Gasteiger partial charge in [-0.15, -0.1) is 0 Å². The van der Waals surface area contributed by atoms with Crippen molar-refractivity contribution in [3.8, 4) is 0 Å². The van der Waals surface area contributed by atoms with Crippen molar-refractivity contribution in [1.82, 2.24) is 0 Å². The smallest absolute Gasteiger partial charge is 0.00468 e. The summed E-state index contributed by atoms with van der Waals surface area (Å²) in [5.41, 5.74) is 0. The highest BCUT2D eigenvalue weighted by Crippen LogP contribution is 2.37. The topological polar surface area (TPSA) is 0 Å². The van der Waals surface area contributed by atoms with Crippen molar-refractivity contribution < 1.29 is 0 Å². The van der Waals surface area contributed by atoms with Crippen LogP contribution in [0.25, 0.3) is 0 Å². The highest BCUT2D eigenvalue weighted by Gasteiger charge is 2.30. The maximum absolute atomic E-state index is 2.47. The zero-order chi connectivity index (χ0) is 14.5. The lowest BCUT2D eigenvalue weighted by Crippen LogP contribution is -2.31. The average Bonchev–Trinajstić information content (AvgIpc) is 2.34. The van der Waals surface area contributed by atoms with Crippen molar-refractivity contribution in [2.24, 2.45) is 35.5 Å². The Morgan fingerprint density at radius 3 is 1.39 bits per heavy atom. The Kier molecular flexibility index (Phi) is 8.67. The predicted molar refractivity (Wildman–Crippen MR) is 88.3 cm³/mol. The lowest BCUT2D eigenvalue weighted by molar-refractivity contribution is 0.144. The van der Waals surface area contributed by atoms with Crippen LogP contribution in [0.1, 0.15) is 62.3 Å². The molecule has 0 heterocycles. The molecule has 0 rings (SSSR count). The van der Waals surface area contributed by atoms with Gasteiger partial charge in [0.2, 0.25) is 0 Å². The normalized spacial score (nSPS) is 22.3. The van der Waals surface area contributed by atoms with Crippen LogP contribution in [0.4, 0.5) is 0 Å². The van der Waals surface area contributed by atoms with E-state index < -0.39 is 0 Å². The molecule has 110 valence electrons.